The van der Waals surface area contributed by atoms with E-state index in [4.69, 9.17) is 9.47 Å². The zero-order valence-electron chi connectivity index (χ0n) is 21.4. The third-order valence-corrected chi connectivity index (χ3v) is 8.96. The highest BCUT2D eigenvalue weighted by Gasteiger charge is 2.53. The van der Waals surface area contributed by atoms with E-state index in [1.807, 2.05) is 0 Å². The Morgan fingerprint density at radius 2 is 1.81 bits per heavy atom. The number of nitrogens with one attached hydrogen (secondary N) is 1. The summed E-state index contributed by atoms with van der Waals surface area (Å²) >= 11 is 0. The van der Waals surface area contributed by atoms with Gasteiger partial charge in [-0.2, -0.15) is 4.31 Å². The lowest BCUT2D eigenvalue weighted by Crippen LogP contribution is -2.37. The Morgan fingerprint density at radius 1 is 1.08 bits per heavy atom. The fourth-order valence-electron chi connectivity index (χ4n) is 5.87. The van der Waals surface area contributed by atoms with Crippen LogP contribution in [0.5, 0.6) is 5.75 Å². The van der Waals surface area contributed by atoms with Gasteiger partial charge in [-0.1, -0.05) is 39.0 Å². The number of benzene rings is 2. The second-order valence-electron chi connectivity index (χ2n) is 11.0. The van der Waals surface area contributed by atoms with Gasteiger partial charge in [-0.3, -0.25) is 4.79 Å². The third-order valence-electron chi connectivity index (χ3n) is 7.06. The Bertz CT molecular complexity index is 1270. The SMILES string of the molecule is COc1ccccc1NC(=O)C(C)OC(=O)c1cccc(S(=O)(=O)N2CC3(C)CC2CC(C)(C)C3)c1. The number of rotatable bonds is 7. The Hall–Kier alpha value is -2.91. The summed E-state index contributed by atoms with van der Waals surface area (Å²) in [6, 6.07) is 12.7. The maximum atomic E-state index is 13.6. The van der Waals surface area contributed by atoms with Gasteiger partial charge in [-0.25, -0.2) is 13.2 Å². The van der Waals surface area contributed by atoms with E-state index in [9.17, 15) is 18.0 Å². The largest absolute Gasteiger partial charge is 0.495 e. The molecule has 194 valence electrons. The zero-order valence-corrected chi connectivity index (χ0v) is 22.2. The van der Waals surface area contributed by atoms with Gasteiger partial charge >= 0.3 is 5.97 Å². The molecule has 2 aromatic carbocycles. The summed E-state index contributed by atoms with van der Waals surface area (Å²) in [5, 5.41) is 2.68. The number of para-hydroxylation sites is 2. The highest BCUT2D eigenvalue weighted by Crippen LogP contribution is 2.53. The zero-order chi connectivity index (χ0) is 26.3. The predicted octanol–water partition coefficient (Wildman–Crippen LogP) is 4.47. The quantitative estimate of drug-likeness (QED) is 0.547. The second-order valence-corrected chi connectivity index (χ2v) is 12.9. The fourth-order valence-corrected chi connectivity index (χ4v) is 7.69. The minimum atomic E-state index is -3.80. The van der Waals surface area contributed by atoms with Crippen molar-refractivity contribution in [2.75, 3.05) is 19.0 Å². The molecule has 0 radical (unpaired) electrons. The van der Waals surface area contributed by atoms with Crippen molar-refractivity contribution in [3.63, 3.8) is 0 Å². The van der Waals surface area contributed by atoms with Gasteiger partial charge in [0, 0.05) is 12.6 Å². The van der Waals surface area contributed by atoms with Gasteiger partial charge in [0.2, 0.25) is 10.0 Å². The molecular formula is C27H34N2O6S. The molecule has 1 aliphatic heterocycles. The van der Waals surface area contributed by atoms with Crippen LogP contribution in [0.1, 0.15) is 57.3 Å². The summed E-state index contributed by atoms with van der Waals surface area (Å²) in [4.78, 5) is 25.5. The number of hydrogen-bond acceptors (Lipinski definition) is 6. The minimum absolute atomic E-state index is 0.0528. The van der Waals surface area contributed by atoms with Crippen LogP contribution in [0, 0.1) is 10.8 Å². The molecule has 2 aliphatic rings. The van der Waals surface area contributed by atoms with Gasteiger partial charge in [0.1, 0.15) is 5.75 Å². The Morgan fingerprint density at radius 3 is 2.53 bits per heavy atom. The molecule has 8 nitrogen and oxygen atoms in total. The summed E-state index contributed by atoms with van der Waals surface area (Å²) in [6.45, 7) is 8.46. The van der Waals surface area contributed by atoms with Crippen molar-refractivity contribution in [3.05, 3.63) is 54.1 Å². The molecule has 2 aromatic rings. The predicted molar refractivity (Wildman–Crippen MR) is 136 cm³/mol. The van der Waals surface area contributed by atoms with E-state index in [1.165, 1.54) is 38.3 Å². The first-order chi connectivity index (χ1) is 16.8. The number of ether oxygens (including phenoxy) is 2. The number of amides is 1. The highest BCUT2D eigenvalue weighted by atomic mass is 32.2. The first-order valence-electron chi connectivity index (χ1n) is 12.1. The molecule has 2 bridgehead atoms. The molecule has 3 atom stereocenters. The van der Waals surface area contributed by atoms with Gasteiger partial charge in [-0.05, 0) is 67.3 Å². The molecule has 9 heteroatoms. The minimum Gasteiger partial charge on any atom is -0.495 e. The fraction of sp³-hybridized carbons (Fsp3) is 0.481. The van der Waals surface area contributed by atoms with Gasteiger partial charge in [0.25, 0.3) is 5.91 Å². The monoisotopic (exact) mass is 514 g/mol. The van der Waals surface area contributed by atoms with Crippen molar-refractivity contribution >= 4 is 27.6 Å². The van der Waals surface area contributed by atoms with E-state index in [2.05, 4.69) is 26.1 Å². The smallest absolute Gasteiger partial charge is 0.338 e. The molecule has 1 saturated carbocycles. The van der Waals surface area contributed by atoms with Gasteiger partial charge in [0.15, 0.2) is 6.10 Å². The summed E-state index contributed by atoms with van der Waals surface area (Å²) in [5.41, 5.74) is 0.546. The van der Waals surface area contributed by atoms with Gasteiger partial charge < -0.3 is 14.8 Å². The Kier molecular flexibility index (Phi) is 6.92. The Labute approximate surface area is 213 Å². The lowest BCUT2D eigenvalue weighted by molar-refractivity contribution is -0.123. The molecule has 4 rings (SSSR count). The molecule has 3 unspecified atom stereocenters. The van der Waals surface area contributed by atoms with Crippen molar-refractivity contribution in [2.24, 2.45) is 10.8 Å². The van der Waals surface area contributed by atoms with Crippen LogP contribution in [0.3, 0.4) is 0 Å². The van der Waals surface area contributed by atoms with Crippen LogP contribution in [-0.2, 0) is 19.6 Å². The molecule has 0 aromatic heterocycles. The summed E-state index contributed by atoms with van der Waals surface area (Å²) in [6.07, 6.45) is 1.52. The normalized spacial score (nSPS) is 24.1. The maximum absolute atomic E-state index is 13.6. The molecule has 1 amide bonds. The van der Waals surface area contributed by atoms with Crippen LogP contribution < -0.4 is 10.1 Å². The number of carbonyl (C=O) groups is 2. The molecule has 1 aliphatic carbocycles. The van der Waals surface area contributed by atoms with E-state index in [0.717, 1.165) is 19.3 Å². The Balaban J connectivity index is 1.47. The average Bonchev–Trinajstić information content (AvgIpc) is 3.08. The molecular weight excluding hydrogens is 480 g/mol. The number of carbonyl (C=O) groups excluding carboxylic acids is 2. The van der Waals surface area contributed by atoms with Crippen molar-refractivity contribution in [3.8, 4) is 5.75 Å². The van der Waals surface area contributed by atoms with Crippen LogP contribution in [0.25, 0.3) is 0 Å². The standard InChI is InChI=1S/C27H34N2O6S/c1-18(24(30)28-22-11-6-7-12-23(22)34-5)35-25(31)19-9-8-10-21(13-19)36(32,33)29-17-27(4)15-20(29)14-26(2,3)16-27/h6-13,18,20H,14-17H2,1-5H3,(H,28,30). The van der Waals surface area contributed by atoms with Crippen LogP contribution >= 0.6 is 0 Å². The number of nitrogens with zero attached hydrogens (tertiary/aromatic N) is 1. The van der Waals surface area contributed by atoms with E-state index >= 15 is 0 Å². The topological polar surface area (TPSA) is 102 Å². The number of anilines is 1. The van der Waals surface area contributed by atoms with Crippen LogP contribution in [0.15, 0.2) is 53.4 Å². The van der Waals surface area contributed by atoms with E-state index in [1.54, 1.807) is 28.6 Å². The van der Waals surface area contributed by atoms with Crippen LogP contribution in [-0.4, -0.2) is 50.4 Å². The number of esters is 1. The van der Waals surface area contributed by atoms with Crippen LogP contribution in [0.2, 0.25) is 0 Å². The lowest BCUT2D eigenvalue weighted by atomic mass is 9.65. The number of sulfonamides is 1. The molecule has 1 heterocycles. The van der Waals surface area contributed by atoms with Crippen LogP contribution in [0.4, 0.5) is 5.69 Å². The first-order valence-corrected chi connectivity index (χ1v) is 13.5. The van der Waals surface area contributed by atoms with E-state index in [-0.39, 0.29) is 27.3 Å². The van der Waals surface area contributed by atoms with E-state index in [0.29, 0.717) is 18.0 Å². The van der Waals surface area contributed by atoms with E-state index < -0.39 is 28.0 Å². The lowest BCUT2D eigenvalue weighted by Gasteiger charge is -2.39. The molecule has 0 spiro atoms. The average molecular weight is 515 g/mol. The van der Waals surface area contributed by atoms with Crippen molar-refractivity contribution < 1.29 is 27.5 Å². The molecule has 1 saturated heterocycles. The summed E-state index contributed by atoms with van der Waals surface area (Å²) in [5.74, 6) is -0.828. The second kappa shape index (κ2) is 9.52. The van der Waals surface area contributed by atoms with Crippen molar-refractivity contribution in [1.29, 1.82) is 0 Å². The summed E-state index contributed by atoms with van der Waals surface area (Å²) in [7, 11) is -2.31. The van der Waals surface area contributed by atoms with Crippen molar-refractivity contribution in [2.45, 2.75) is 64.0 Å². The number of hydrogen-bond donors (Lipinski definition) is 1. The third kappa shape index (κ3) is 5.27. The van der Waals surface area contributed by atoms with Gasteiger partial charge in [-0.15, -0.1) is 0 Å². The molecule has 1 N–H and O–H groups in total. The van der Waals surface area contributed by atoms with Gasteiger partial charge in [0.05, 0.1) is 23.3 Å². The summed E-state index contributed by atoms with van der Waals surface area (Å²) < 4.78 is 39.4. The maximum Gasteiger partial charge on any atom is 0.338 e. The highest BCUT2D eigenvalue weighted by molar-refractivity contribution is 7.89. The van der Waals surface area contributed by atoms with Crippen molar-refractivity contribution in [1.82, 2.24) is 4.31 Å². The number of fused-ring (bicyclic) bond motifs is 2. The number of methoxy groups -OCH3 is 1. The first kappa shape index (κ1) is 26.2. The molecule has 36 heavy (non-hydrogen) atoms. The molecule has 2 fully saturated rings.